The smallest absolute Gasteiger partial charge is 0.657 e. The fourth-order valence-corrected chi connectivity index (χ4v) is 7.19. The minimum absolute atomic E-state index is 0. The second-order valence-corrected chi connectivity index (χ2v) is 13.9. The standard InChI is InChI=1S/C42H54N4O10.Mn/c1-23-29(7-9-39(49)50)35-22-36-30(8-10-40(51)52)24(2)32(44-36)20-37-42(28(6)56-18-16-54-14-12-48)26(4)34(46-37)21-38-41(27(5)55-17-15-53-13-11-47)25(3)33(45-38)19-31(23)43-35;/h19-22,27-28,47-48H,7-18H2,1-6H3,(H4,43,44,45,46,49,50,51,52);/q;+2/p-2. The Labute approximate surface area is 342 Å². The number of aromatic nitrogens is 4. The summed E-state index contributed by atoms with van der Waals surface area (Å²) < 4.78 is 23.3. The van der Waals surface area contributed by atoms with Crippen LogP contribution < -0.4 is 9.97 Å². The largest absolute Gasteiger partial charge is 2.00 e. The van der Waals surface area contributed by atoms with Crippen LogP contribution in [-0.4, -0.2) is 107 Å². The summed E-state index contributed by atoms with van der Waals surface area (Å²) in [5.41, 5.74) is 11.7. The molecule has 0 fully saturated rings. The van der Waals surface area contributed by atoms with Crippen LogP contribution in [0.1, 0.15) is 85.6 Å². The van der Waals surface area contributed by atoms with Crippen LogP contribution in [0.4, 0.5) is 0 Å². The fourth-order valence-electron chi connectivity index (χ4n) is 7.19. The Bertz CT molecular complexity index is 2160. The minimum Gasteiger partial charge on any atom is -0.657 e. The maximum Gasteiger partial charge on any atom is 2.00 e. The average Bonchev–Trinajstić information content (AvgIpc) is 3.82. The van der Waals surface area contributed by atoms with Gasteiger partial charge >= 0.3 is 29.0 Å². The van der Waals surface area contributed by atoms with Crippen LogP contribution in [0.25, 0.3) is 44.4 Å². The number of rotatable bonds is 20. The molecule has 0 aliphatic carbocycles. The molecule has 57 heavy (non-hydrogen) atoms. The summed E-state index contributed by atoms with van der Waals surface area (Å²) in [5.74, 6) is -1.86. The van der Waals surface area contributed by atoms with E-state index in [2.05, 4.69) is 0 Å². The van der Waals surface area contributed by atoms with Crippen LogP contribution in [-0.2, 0) is 58.4 Å². The van der Waals surface area contributed by atoms with Crippen molar-refractivity contribution in [3.8, 4) is 0 Å². The number of aliphatic hydroxyl groups is 2. The van der Waals surface area contributed by atoms with Crippen LogP contribution in [0.2, 0.25) is 0 Å². The summed E-state index contributed by atoms with van der Waals surface area (Å²) in [6.07, 6.45) is -0.521. The summed E-state index contributed by atoms with van der Waals surface area (Å²) in [4.78, 5) is 43.8. The number of ether oxygens (including phenoxy) is 4. The molecule has 0 amide bonds. The monoisotopic (exact) mass is 827 g/mol. The van der Waals surface area contributed by atoms with Crippen molar-refractivity contribution in [1.82, 2.24) is 19.9 Å². The molecule has 14 nitrogen and oxygen atoms in total. The molecule has 5 heterocycles. The van der Waals surface area contributed by atoms with Crippen molar-refractivity contribution in [2.75, 3.05) is 52.9 Å². The average molecular weight is 828 g/mol. The van der Waals surface area contributed by atoms with E-state index in [0.717, 1.165) is 44.5 Å². The molecule has 307 valence electrons. The maximum atomic E-state index is 11.8. The molecule has 2 aliphatic heterocycles. The first-order valence-corrected chi connectivity index (χ1v) is 18.9. The van der Waals surface area contributed by atoms with Gasteiger partial charge in [0.2, 0.25) is 0 Å². The molecule has 2 unspecified atom stereocenters. The van der Waals surface area contributed by atoms with Gasteiger partial charge in [-0.15, -0.1) is 22.1 Å². The molecule has 0 saturated heterocycles. The van der Waals surface area contributed by atoms with Gasteiger partial charge in [0, 0.05) is 24.0 Å². The Morgan fingerprint density at radius 1 is 0.596 bits per heavy atom. The van der Waals surface area contributed by atoms with Gasteiger partial charge in [0.05, 0.1) is 87.8 Å². The van der Waals surface area contributed by atoms with Crippen molar-refractivity contribution >= 4 is 56.3 Å². The van der Waals surface area contributed by atoms with Crippen molar-refractivity contribution in [2.24, 2.45) is 0 Å². The topological polar surface area (TPSA) is 206 Å². The van der Waals surface area contributed by atoms with E-state index in [1.54, 1.807) is 0 Å². The second kappa shape index (κ2) is 21.0. The Hall–Kier alpha value is -4.18. The molecular formula is C42H52MnN4O10. The molecule has 0 saturated carbocycles. The van der Waals surface area contributed by atoms with Gasteiger partial charge in [0.15, 0.2) is 0 Å². The number of hydrogen-bond donors (Lipinski definition) is 4. The molecule has 8 bridgehead atoms. The van der Waals surface area contributed by atoms with Crippen molar-refractivity contribution in [1.29, 1.82) is 0 Å². The van der Waals surface area contributed by atoms with E-state index in [0.29, 0.717) is 64.7 Å². The Morgan fingerprint density at radius 3 is 1.42 bits per heavy atom. The number of carboxylic acids is 2. The zero-order valence-corrected chi connectivity index (χ0v) is 34.5. The third-order valence-electron chi connectivity index (χ3n) is 10.1. The van der Waals surface area contributed by atoms with Gasteiger partial charge < -0.3 is 49.3 Å². The summed E-state index contributed by atoms with van der Waals surface area (Å²) in [6, 6.07) is 7.57. The maximum absolute atomic E-state index is 11.8. The molecule has 0 spiro atoms. The van der Waals surface area contributed by atoms with Crippen LogP contribution in [0.15, 0.2) is 24.3 Å². The predicted molar refractivity (Wildman–Crippen MR) is 212 cm³/mol. The van der Waals surface area contributed by atoms with E-state index < -0.39 is 18.0 Å². The summed E-state index contributed by atoms with van der Waals surface area (Å²) in [5, 5.41) is 37.5. The Kier molecular flexibility index (Phi) is 16.8. The summed E-state index contributed by atoms with van der Waals surface area (Å²) in [7, 11) is 0. The van der Waals surface area contributed by atoms with Crippen molar-refractivity contribution in [2.45, 2.75) is 79.4 Å². The fraction of sp³-hybridized carbons (Fsp3) is 0.476. The molecule has 15 heteroatoms. The number of allylic oxidation sites excluding steroid dienone is 2. The molecule has 2 atom stereocenters. The minimum atomic E-state index is -0.933. The number of aliphatic hydroxyl groups excluding tert-OH is 2. The zero-order chi connectivity index (χ0) is 40.5. The molecule has 2 aliphatic rings. The Balaban J connectivity index is 0.00000720. The van der Waals surface area contributed by atoms with Crippen molar-refractivity contribution < 1.29 is 66.0 Å². The number of aliphatic carboxylic acids is 2. The van der Waals surface area contributed by atoms with Gasteiger partial charge in [-0.25, -0.2) is 9.97 Å². The molecule has 0 aromatic carbocycles. The number of nitrogens with zero attached hydrogens (tertiary/aromatic N) is 4. The van der Waals surface area contributed by atoms with E-state index in [-0.39, 0.29) is 81.9 Å². The SMILES string of the molecule is CC1=C(C(C)OCCOCCO)c2cc3nc(cc4[n-]c(cc5[n-]c(cc1n2)c(C)c5CCC(=O)O)c(CCC(=O)O)c4C)C(C(C)OCCOCCO)=C3C.[Mn+2]. The first-order valence-electron chi connectivity index (χ1n) is 18.9. The van der Waals surface area contributed by atoms with E-state index >= 15 is 0 Å². The third kappa shape index (κ3) is 11.1. The van der Waals surface area contributed by atoms with Crippen LogP contribution >= 0.6 is 0 Å². The number of aryl methyl sites for hydroxylation is 4. The quantitative estimate of drug-likeness (QED) is 0.0883. The Morgan fingerprint density at radius 2 is 1.00 bits per heavy atom. The molecule has 3 aromatic heterocycles. The van der Waals surface area contributed by atoms with Gasteiger partial charge in [-0.3, -0.25) is 9.59 Å². The molecular weight excluding hydrogens is 775 g/mol. The number of carbonyl (C=O) groups is 2. The van der Waals surface area contributed by atoms with Crippen molar-refractivity contribution in [3.63, 3.8) is 0 Å². The van der Waals surface area contributed by atoms with E-state index in [1.165, 1.54) is 0 Å². The zero-order valence-electron chi connectivity index (χ0n) is 33.4. The van der Waals surface area contributed by atoms with Crippen LogP contribution in [0.5, 0.6) is 0 Å². The summed E-state index contributed by atoms with van der Waals surface area (Å²) >= 11 is 0. The molecule has 5 rings (SSSR count). The summed E-state index contributed by atoms with van der Waals surface area (Å²) in [6.45, 7) is 13.2. The van der Waals surface area contributed by atoms with Gasteiger partial charge in [-0.05, 0) is 71.6 Å². The van der Waals surface area contributed by atoms with Crippen LogP contribution in [0, 0.1) is 13.8 Å². The first kappa shape index (κ1) is 45.5. The van der Waals surface area contributed by atoms with Gasteiger partial charge in [0.1, 0.15) is 0 Å². The third-order valence-corrected chi connectivity index (χ3v) is 10.1. The normalized spacial score (nSPS) is 13.9. The van der Waals surface area contributed by atoms with Crippen molar-refractivity contribution in [3.05, 3.63) is 69.3 Å². The number of fused-ring (bicyclic) bond motifs is 8. The number of carboxylic acid groups (broad SMARTS) is 2. The number of hydrogen-bond acceptors (Lipinski definition) is 10. The van der Waals surface area contributed by atoms with Gasteiger partial charge in [-0.1, -0.05) is 40.5 Å². The molecule has 1 radical (unpaired) electrons. The predicted octanol–water partition coefficient (Wildman–Crippen LogP) is 4.91. The second-order valence-electron chi connectivity index (χ2n) is 13.9. The first-order chi connectivity index (χ1) is 26.8. The van der Waals surface area contributed by atoms with E-state index in [9.17, 15) is 19.8 Å². The molecule has 4 N–H and O–H groups in total. The van der Waals surface area contributed by atoms with E-state index in [1.807, 2.05) is 65.8 Å². The van der Waals surface area contributed by atoms with E-state index in [4.69, 9.17) is 49.1 Å². The van der Waals surface area contributed by atoms with Gasteiger partial charge in [-0.2, -0.15) is 0 Å². The van der Waals surface area contributed by atoms with Crippen LogP contribution in [0.3, 0.4) is 0 Å². The van der Waals surface area contributed by atoms with Gasteiger partial charge in [0.25, 0.3) is 0 Å². The molecule has 3 aromatic rings.